The molecule has 0 radical (unpaired) electrons. The van der Waals surface area contributed by atoms with Crippen LogP contribution in [0.3, 0.4) is 0 Å². The minimum Gasteiger partial charge on any atom is -0.497 e. The summed E-state index contributed by atoms with van der Waals surface area (Å²) in [6.45, 7) is 4.01. The Morgan fingerprint density at radius 1 is 1.19 bits per heavy atom. The number of ether oxygens (including phenoxy) is 4. The molecule has 5 rings (SSSR count). The van der Waals surface area contributed by atoms with Gasteiger partial charge in [-0.1, -0.05) is 0 Å². The van der Waals surface area contributed by atoms with E-state index in [1.807, 2.05) is 6.07 Å². The van der Waals surface area contributed by atoms with Gasteiger partial charge in [-0.05, 0) is 37.9 Å². The SMILES string of the molecule is COC(=O)C1=CO[C@@H](C)[C@@H]2CN3CCC4C(=Nc5cc(OC)c(OC)cc54)[C@H]3C[C@H]12.Cl. The van der Waals surface area contributed by atoms with E-state index in [0.29, 0.717) is 17.2 Å². The summed E-state index contributed by atoms with van der Waals surface area (Å²) in [5.74, 6) is 1.85. The van der Waals surface area contributed by atoms with E-state index in [1.165, 1.54) is 18.4 Å². The predicted molar refractivity (Wildman–Crippen MR) is 119 cm³/mol. The standard InChI is InChI=1S/C23H28N2O5.ClH/c1-12-16-10-25-6-5-13-15-8-20(27-2)21(28-3)9-18(15)24-22(13)19(25)7-14(16)17(11-30-12)23(26)29-4;/h8-9,11-14,16,19H,5-7,10H2,1-4H3;1H/t12-,13?,14-,16-,19+;/m0./s1. The number of rotatable bonds is 3. The lowest BCUT2D eigenvalue weighted by Crippen LogP contribution is -2.58. The summed E-state index contributed by atoms with van der Waals surface area (Å²) in [6.07, 6.45) is 3.59. The van der Waals surface area contributed by atoms with Crippen molar-refractivity contribution in [2.75, 3.05) is 34.4 Å². The van der Waals surface area contributed by atoms with Crippen LogP contribution in [0.4, 0.5) is 5.69 Å². The second kappa shape index (κ2) is 8.36. The molecule has 4 aliphatic heterocycles. The summed E-state index contributed by atoms with van der Waals surface area (Å²) in [6, 6.07) is 4.27. The van der Waals surface area contributed by atoms with Crippen LogP contribution in [-0.2, 0) is 14.3 Å². The van der Waals surface area contributed by atoms with Gasteiger partial charge < -0.3 is 18.9 Å². The molecule has 1 aromatic carbocycles. The molecule has 0 bridgehead atoms. The second-order valence-corrected chi connectivity index (χ2v) is 8.57. The highest BCUT2D eigenvalue weighted by Crippen LogP contribution is 2.50. The fraction of sp³-hybridized carbons (Fsp3) is 0.565. The number of methoxy groups -OCH3 is 3. The van der Waals surface area contributed by atoms with E-state index in [4.69, 9.17) is 23.9 Å². The highest BCUT2D eigenvalue weighted by atomic mass is 35.5. The molecule has 168 valence electrons. The molecule has 0 aliphatic carbocycles. The molecule has 7 nitrogen and oxygen atoms in total. The van der Waals surface area contributed by atoms with Gasteiger partial charge in [-0.15, -0.1) is 12.4 Å². The number of nitrogens with zero attached hydrogens (tertiary/aromatic N) is 2. The van der Waals surface area contributed by atoms with Crippen LogP contribution in [0, 0.1) is 11.8 Å². The van der Waals surface area contributed by atoms with Crippen molar-refractivity contribution in [2.24, 2.45) is 16.8 Å². The molecule has 1 aromatic rings. The first-order valence-electron chi connectivity index (χ1n) is 10.6. The summed E-state index contributed by atoms with van der Waals surface area (Å²) >= 11 is 0. The van der Waals surface area contributed by atoms with Gasteiger partial charge in [0.2, 0.25) is 0 Å². The molecule has 0 amide bonds. The largest absolute Gasteiger partial charge is 0.497 e. The highest BCUT2D eigenvalue weighted by molar-refractivity contribution is 6.03. The fourth-order valence-electron chi connectivity index (χ4n) is 5.71. The van der Waals surface area contributed by atoms with Gasteiger partial charge in [0.05, 0.1) is 45.0 Å². The molecule has 0 aromatic heterocycles. The maximum Gasteiger partial charge on any atom is 0.337 e. The van der Waals surface area contributed by atoms with E-state index in [9.17, 15) is 4.79 Å². The molecule has 8 heteroatoms. The normalized spacial score (nSPS) is 30.8. The van der Waals surface area contributed by atoms with Crippen molar-refractivity contribution in [3.8, 4) is 11.5 Å². The Hall–Kier alpha value is -2.25. The van der Waals surface area contributed by atoms with Crippen LogP contribution in [0.1, 0.15) is 31.2 Å². The first-order valence-corrected chi connectivity index (χ1v) is 10.6. The number of fused-ring (bicyclic) bond motifs is 6. The van der Waals surface area contributed by atoms with Crippen molar-refractivity contribution in [1.82, 2.24) is 4.90 Å². The topological polar surface area (TPSA) is 69.6 Å². The molecule has 0 saturated carbocycles. The highest BCUT2D eigenvalue weighted by Gasteiger charge is 2.49. The summed E-state index contributed by atoms with van der Waals surface area (Å²) in [5, 5.41) is 0. The Labute approximate surface area is 188 Å². The minimum absolute atomic E-state index is 0. The molecule has 2 saturated heterocycles. The van der Waals surface area contributed by atoms with Gasteiger partial charge in [0.1, 0.15) is 0 Å². The molecule has 0 N–H and O–H groups in total. The van der Waals surface area contributed by atoms with Crippen LogP contribution in [0.5, 0.6) is 11.5 Å². The zero-order valence-corrected chi connectivity index (χ0v) is 19.1. The summed E-state index contributed by atoms with van der Waals surface area (Å²) in [4.78, 5) is 20.0. The average molecular weight is 449 g/mol. The van der Waals surface area contributed by atoms with E-state index >= 15 is 0 Å². The Kier molecular flexibility index (Phi) is 5.92. The predicted octanol–water partition coefficient (Wildman–Crippen LogP) is 3.48. The average Bonchev–Trinajstić information content (AvgIpc) is 3.14. The van der Waals surface area contributed by atoms with Crippen LogP contribution >= 0.6 is 12.4 Å². The van der Waals surface area contributed by atoms with Crippen molar-refractivity contribution in [3.63, 3.8) is 0 Å². The van der Waals surface area contributed by atoms with Crippen LogP contribution < -0.4 is 9.47 Å². The quantitative estimate of drug-likeness (QED) is 0.659. The van der Waals surface area contributed by atoms with E-state index < -0.39 is 0 Å². The van der Waals surface area contributed by atoms with E-state index in [1.54, 1.807) is 20.5 Å². The second-order valence-electron chi connectivity index (χ2n) is 8.57. The summed E-state index contributed by atoms with van der Waals surface area (Å²) in [7, 11) is 4.74. The number of hydrogen-bond donors (Lipinski definition) is 0. The molecular formula is C23H29ClN2O5. The van der Waals surface area contributed by atoms with Crippen molar-refractivity contribution in [1.29, 1.82) is 0 Å². The van der Waals surface area contributed by atoms with Gasteiger partial charge in [0.25, 0.3) is 0 Å². The van der Waals surface area contributed by atoms with Crippen LogP contribution in [0.2, 0.25) is 0 Å². The number of benzene rings is 1. The van der Waals surface area contributed by atoms with Crippen molar-refractivity contribution >= 4 is 29.8 Å². The zero-order chi connectivity index (χ0) is 21.0. The number of carbonyl (C=O) groups is 1. The van der Waals surface area contributed by atoms with Crippen LogP contribution in [-0.4, -0.2) is 63.1 Å². The lowest BCUT2D eigenvalue weighted by atomic mass is 9.70. The maximum absolute atomic E-state index is 12.4. The lowest BCUT2D eigenvalue weighted by Gasteiger charge is -2.50. The molecule has 0 spiro atoms. The number of carbonyl (C=O) groups excluding carboxylic acids is 1. The van der Waals surface area contributed by atoms with Crippen molar-refractivity contribution in [2.45, 2.75) is 37.8 Å². The smallest absolute Gasteiger partial charge is 0.337 e. The van der Waals surface area contributed by atoms with Gasteiger partial charge >= 0.3 is 5.97 Å². The lowest BCUT2D eigenvalue weighted by molar-refractivity contribution is -0.138. The number of aliphatic imine (C=N–C) groups is 1. The molecule has 31 heavy (non-hydrogen) atoms. The Morgan fingerprint density at radius 3 is 2.65 bits per heavy atom. The molecule has 4 aliphatic rings. The van der Waals surface area contributed by atoms with Gasteiger partial charge in [-0.25, -0.2) is 4.79 Å². The van der Waals surface area contributed by atoms with Crippen LogP contribution in [0.15, 0.2) is 29.0 Å². The van der Waals surface area contributed by atoms with E-state index in [2.05, 4.69) is 17.9 Å². The summed E-state index contributed by atoms with van der Waals surface area (Å²) in [5.41, 5.74) is 4.05. The Bertz CT molecular complexity index is 946. The third kappa shape index (κ3) is 3.38. The van der Waals surface area contributed by atoms with E-state index in [0.717, 1.165) is 37.4 Å². The molecule has 2 fully saturated rings. The molecule has 1 unspecified atom stereocenters. The third-order valence-electron chi connectivity index (χ3n) is 7.27. The van der Waals surface area contributed by atoms with Crippen molar-refractivity contribution < 1.29 is 23.7 Å². The monoisotopic (exact) mass is 448 g/mol. The van der Waals surface area contributed by atoms with Crippen molar-refractivity contribution in [3.05, 3.63) is 29.5 Å². The van der Waals surface area contributed by atoms with E-state index in [-0.39, 0.29) is 42.4 Å². The molecule has 5 atom stereocenters. The van der Waals surface area contributed by atoms with Gasteiger partial charge in [0, 0.05) is 42.1 Å². The Balaban J connectivity index is 0.00000231. The first kappa shape index (κ1) is 22.0. The number of esters is 1. The van der Waals surface area contributed by atoms with Gasteiger partial charge in [-0.2, -0.15) is 0 Å². The first-order chi connectivity index (χ1) is 14.5. The number of piperidine rings is 2. The number of hydrogen-bond acceptors (Lipinski definition) is 7. The van der Waals surface area contributed by atoms with Crippen LogP contribution in [0.25, 0.3) is 0 Å². The maximum atomic E-state index is 12.4. The molecule has 4 heterocycles. The fourth-order valence-corrected chi connectivity index (χ4v) is 5.71. The van der Waals surface area contributed by atoms with Gasteiger partial charge in [0.15, 0.2) is 11.5 Å². The Morgan fingerprint density at radius 2 is 1.94 bits per heavy atom. The third-order valence-corrected chi connectivity index (χ3v) is 7.27. The molecular weight excluding hydrogens is 420 g/mol. The summed E-state index contributed by atoms with van der Waals surface area (Å²) < 4.78 is 21.8. The minimum atomic E-state index is -0.288. The number of halogens is 1. The zero-order valence-electron chi connectivity index (χ0n) is 18.3. The van der Waals surface area contributed by atoms with Gasteiger partial charge in [-0.3, -0.25) is 9.89 Å².